The van der Waals surface area contributed by atoms with E-state index in [0.29, 0.717) is 0 Å². The molecule has 4 aliphatic carbocycles. The first-order valence-electron chi connectivity index (χ1n) is 6.80. The van der Waals surface area contributed by atoms with Crippen molar-refractivity contribution < 1.29 is 0 Å². The minimum absolute atomic E-state index is 0.771. The predicted octanol–water partition coefficient (Wildman–Crippen LogP) is 4.41. The van der Waals surface area contributed by atoms with Gasteiger partial charge < -0.3 is 0 Å². The molecule has 1 fully saturated rings. The first kappa shape index (κ1) is 9.70. The second-order valence-electron chi connectivity index (χ2n) is 5.84. The van der Waals surface area contributed by atoms with Crippen LogP contribution in [-0.2, 0) is 0 Å². The molecule has 0 radical (unpaired) electrons. The summed E-state index contributed by atoms with van der Waals surface area (Å²) in [6.45, 7) is 2.24. The number of allylic oxidation sites excluding steroid dienone is 4. The van der Waals surface area contributed by atoms with Crippen molar-refractivity contribution >= 4 is 0 Å². The second kappa shape index (κ2) is 3.35. The molecular formula is C17H18. The van der Waals surface area contributed by atoms with Crippen LogP contribution in [0.4, 0.5) is 0 Å². The van der Waals surface area contributed by atoms with Crippen molar-refractivity contribution in [3.05, 3.63) is 59.2 Å². The summed E-state index contributed by atoms with van der Waals surface area (Å²) < 4.78 is 0. The molecule has 0 amide bonds. The van der Waals surface area contributed by atoms with Gasteiger partial charge in [0.25, 0.3) is 0 Å². The van der Waals surface area contributed by atoms with Gasteiger partial charge in [-0.2, -0.15) is 0 Å². The summed E-state index contributed by atoms with van der Waals surface area (Å²) in [5.41, 5.74) is 4.74. The van der Waals surface area contributed by atoms with Crippen LogP contribution >= 0.6 is 0 Å². The van der Waals surface area contributed by atoms with Crippen molar-refractivity contribution in [2.24, 2.45) is 11.8 Å². The zero-order valence-electron chi connectivity index (χ0n) is 10.3. The largest absolute Gasteiger partial charge is 0.0799 e. The van der Waals surface area contributed by atoms with Crippen LogP contribution in [0.2, 0.25) is 0 Å². The standard InChI is InChI=1S/C17H18/c1-11-6-7-15-14-8-9-16(17(15)10-11)13-5-3-2-4-12(13)14/h2-7,10,14-17H,8-9H2,1H3. The number of fused-ring (bicyclic) bond motifs is 1. The Hall–Kier alpha value is -1.30. The van der Waals surface area contributed by atoms with E-state index < -0.39 is 0 Å². The van der Waals surface area contributed by atoms with Crippen LogP contribution in [0.5, 0.6) is 0 Å². The van der Waals surface area contributed by atoms with Gasteiger partial charge in [0.1, 0.15) is 0 Å². The normalized spacial score (nSPS) is 37.4. The molecule has 0 spiro atoms. The summed E-state index contributed by atoms with van der Waals surface area (Å²) >= 11 is 0. The fourth-order valence-corrected chi connectivity index (χ4v) is 4.30. The van der Waals surface area contributed by atoms with Gasteiger partial charge in [-0.3, -0.25) is 0 Å². The molecule has 0 saturated heterocycles. The van der Waals surface area contributed by atoms with E-state index in [4.69, 9.17) is 0 Å². The maximum atomic E-state index is 2.53. The molecule has 0 aromatic heterocycles. The highest BCUT2D eigenvalue weighted by molar-refractivity contribution is 5.44. The summed E-state index contributed by atoms with van der Waals surface area (Å²) in [5, 5.41) is 0. The van der Waals surface area contributed by atoms with Gasteiger partial charge in [0, 0.05) is 0 Å². The van der Waals surface area contributed by atoms with Crippen molar-refractivity contribution in [1.82, 2.24) is 0 Å². The smallest absolute Gasteiger partial charge is 0.00898 e. The highest BCUT2D eigenvalue weighted by Gasteiger charge is 2.45. The molecule has 0 aliphatic heterocycles. The molecule has 0 N–H and O–H groups in total. The SMILES string of the molecule is CC1=CC2C3CCC(c4ccccc43)C2C=C1. The highest BCUT2D eigenvalue weighted by Crippen LogP contribution is 2.57. The third-order valence-corrected chi connectivity index (χ3v) is 4.99. The molecule has 4 atom stereocenters. The Morgan fingerprint density at radius 3 is 2.29 bits per heavy atom. The molecule has 2 bridgehead atoms. The van der Waals surface area contributed by atoms with E-state index in [9.17, 15) is 0 Å². The summed E-state index contributed by atoms with van der Waals surface area (Å²) in [6, 6.07) is 9.15. The lowest BCUT2D eigenvalue weighted by molar-refractivity contribution is 0.223. The lowest BCUT2D eigenvalue weighted by atomic mass is 9.55. The molecule has 0 nitrogen and oxygen atoms in total. The maximum Gasteiger partial charge on any atom is -0.00898 e. The van der Waals surface area contributed by atoms with Gasteiger partial charge in [0.2, 0.25) is 0 Å². The zero-order valence-corrected chi connectivity index (χ0v) is 10.3. The quantitative estimate of drug-likeness (QED) is 0.610. The Balaban J connectivity index is 1.89. The van der Waals surface area contributed by atoms with Gasteiger partial charge in [0.15, 0.2) is 0 Å². The number of hydrogen-bond donors (Lipinski definition) is 0. The average Bonchev–Trinajstić information content (AvgIpc) is 2.39. The summed E-state index contributed by atoms with van der Waals surface area (Å²) in [6.07, 6.45) is 10.1. The number of rotatable bonds is 0. The second-order valence-corrected chi connectivity index (χ2v) is 5.84. The summed E-state index contributed by atoms with van der Waals surface area (Å²) in [5.74, 6) is 3.10. The number of benzene rings is 1. The predicted molar refractivity (Wildman–Crippen MR) is 71.0 cm³/mol. The van der Waals surface area contributed by atoms with E-state index in [0.717, 1.165) is 23.7 Å². The van der Waals surface area contributed by atoms with Crippen molar-refractivity contribution in [3.8, 4) is 0 Å². The average molecular weight is 222 g/mol. The van der Waals surface area contributed by atoms with Crippen molar-refractivity contribution in [2.75, 3.05) is 0 Å². The number of hydrogen-bond acceptors (Lipinski definition) is 0. The Morgan fingerprint density at radius 1 is 0.941 bits per heavy atom. The Bertz CT molecular complexity index is 521. The van der Waals surface area contributed by atoms with Gasteiger partial charge in [-0.15, -0.1) is 0 Å². The summed E-state index contributed by atoms with van der Waals surface area (Å²) in [4.78, 5) is 0. The molecule has 86 valence electrons. The van der Waals surface area contributed by atoms with Crippen molar-refractivity contribution in [2.45, 2.75) is 31.6 Å². The molecule has 1 saturated carbocycles. The van der Waals surface area contributed by atoms with Gasteiger partial charge in [-0.1, -0.05) is 48.1 Å². The minimum atomic E-state index is 0.771. The topological polar surface area (TPSA) is 0 Å². The zero-order chi connectivity index (χ0) is 11.4. The van der Waals surface area contributed by atoms with E-state index in [-0.39, 0.29) is 0 Å². The molecular weight excluding hydrogens is 204 g/mol. The van der Waals surface area contributed by atoms with E-state index in [2.05, 4.69) is 49.4 Å². The highest BCUT2D eigenvalue weighted by atomic mass is 14.5. The Morgan fingerprint density at radius 2 is 1.59 bits per heavy atom. The lowest BCUT2D eigenvalue weighted by Gasteiger charge is -2.49. The van der Waals surface area contributed by atoms with Crippen LogP contribution in [0.25, 0.3) is 0 Å². The lowest BCUT2D eigenvalue weighted by Crippen LogP contribution is -2.37. The van der Waals surface area contributed by atoms with Crippen LogP contribution in [-0.4, -0.2) is 0 Å². The third-order valence-electron chi connectivity index (χ3n) is 4.99. The van der Waals surface area contributed by atoms with E-state index in [1.165, 1.54) is 18.4 Å². The monoisotopic (exact) mass is 222 g/mol. The molecule has 4 unspecified atom stereocenters. The Kier molecular flexibility index (Phi) is 1.91. The van der Waals surface area contributed by atoms with E-state index >= 15 is 0 Å². The van der Waals surface area contributed by atoms with E-state index in [1.807, 2.05) is 0 Å². The Labute approximate surface area is 103 Å². The van der Waals surface area contributed by atoms with Crippen LogP contribution < -0.4 is 0 Å². The molecule has 17 heavy (non-hydrogen) atoms. The van der Waals surface area contributed by atoms with Gasteiger partial charge in [-0.25, -0.2) is 0 Å². The van der Waals surface area contributed by atoms with Gasteiger partial charge >= 0.3 is 0 Å². The molecule has 4 aliphatic rings. The van der Waals surface area contributed by atoms with E-state index in [1.54, 1.807) is 11.1 Å². The first-order valence-corrected chi connectivity index (χ1v) is 6.80. The van der Waals surface area contributed by atoms with Crippen LogP contribution in [0.1, 0.15) is 42.7 Å². The third kappa shape index (κ3) is 1.24. The van der Waals surface area contributed by atoms with Crippen LogP contribution in [0.15, 0.2) is 48.1 Å². The maximum absolute atomic E-state index is 2.53. The fraction of sp³-hybridized carbons (Fsp3) is 0.412. The van der Waals surface area contributed by atoms with Gasteiger partial charge in [-0.05, 0) is 54.6 Å². The molecule has 0 heteroatoms. The van der Waals surface area contributed by atoms with Gasteiger partial charge in [0.05, 0.1) is 0 Å². The van der Waals surface area contributed by atoms with Crippen molar-refractivity contribution in [1.29, 1.82) is 0 Å². The molecule has 1 aromatic rings. The minimum Gasteiger partial charge on any atom is -0.0799 e. The summed E-state index contributed by atoms with van der Waals surface area (Å²) in [7, 11) is 0. The van der Waals surface area contributed by atoms with Crippen LogP contribution in [0, 0.1) is 11.8 Å². The molecule has 0 heterocycles. The first-order chi connectivity index (χ1) is 8.34. The fourth-order valence-electron chi connectivity index (χ4n) is 4.30. The molecule has 5 rings (SSSR count). The van der Waals surface area contributed by atoms with Crippen molar-refractivity contribution in [3.63, 3.8) is 0 Å². The molecule has 1 aromatic carbocycles. The van der Waals surface area contributed by atoms with Crippen LogP contribution in [0.3, 0.4) is 0 Å².